The molecule has 0 fully saturated rings. The predicted octanol–water partition coefficient (Wildman–Crippen LogP) is 2.91. The SMILES string of the molecule is N#C/C(=C(/O)Cn1cnc(C#N)n1)c1nc2cc(Cl)ccc2s1. The van der Waals surface area contributed by atoms with Gasteiger partial charge in [0.25, 0.3) is 5.82 Å². The van der Waals surface area contributed by atoms with E-state index < -0.39 is 0 Å². The van der Waals surface area contributed by atoms with Crippen LogP contribution in [0.3, 0.4) is 0 Å². The van der Waals surface area contributed by atoms with Crippen LogP contribution in [0.15, 0.2) is 30.3 Å². The fourth-order valence-electron chi connectivity index (χ4n) is 1.90. The predicted molar refractivity (Wildman–Crippen MR) is 84.5 cm³/mol. The Morgan fingerprint density at radius 1 is 1.39 bits per heavy atom. The van der Waals surface area contributed by atoms with E-state index in [9.17, 15) is 10.4 Å². The molecule has 0 aliphatic rings. The summed E-state index contributed by atoms with van der Waals surface area (Å²) in [5.74, 6) is -0.210. The molecule has 0 amide bonds. The summed E-state index contributed by atoms with van der Waals surface area (Å²) in [6.07, 6.45) is 1.31. The molecule has 0 radical (unpaired) electrons. The molecule has 0 unspecified atom stereocenters. The van der Waals surface area contributed by atoms with Gasteiger partial charge >= 0.3 is 0 Å². The van der Waals surface area contributed by atoms with E-state index in [1.807, 2.05) is 12.1 Å². The number of allylic oxidation sites excluding steroid dienone is 2. The number of hydrogen-bond acceptors (Lipinski definition) is 7. The number of nitrogens with zero attached hydrogens (tertiary/aromatic N) is 6. The summed E-state index contributed by atoms with van der Waals surface area (Å²) in [6, 6.07) is 8.98. The number of aliphatic hydroxyl groups is 1. The molecule has 0 saturated carbocycles. The number of fused-ring (bicyclic) bond motifs is 1. The molecule has 0 spiro atoms. The van der Waals surface area contributed by atoms with Crippen molar-refractivity contribution < 1.29 is 5.11 Å². The molecule has 0 aliphatic heterocycles. The maximum Gasteiger partial charge on any atom is 0.252 e. The van der Waals surface area contributed by atoms with Crippen LogP contribution in [0, 0.1) is 22.7 Å². The van der Waals surface area contributed by atoms with Gasteiger partial charge in [-0.1, -0.05) is 11.6 Å². The number of aliphatic hydroxyl groups excluding tert-OH is 1. The first kappa shape index (κ1) is 15.0. The van der Waals surface area contributed by atoms with Crippen molar-refractivity contribution in [1.82, 2.24) is 19.7 Å². The van der Waals surface area contributed by atoms with Gasteiger partial charge in [-0.05, 0) is 18.2 Å². The fraction of sp³-hybridized carbons (Fsp3) is 0.0714. The van der Waals surface area contributed by atoms with E-state index >= 15 is 0 Å². The Balaban J connectivity index is 1.99. The minimum atomic E-state index is -0.202. The van der Waals surface area contributed by atoms with Crippen LogP contribution in [0.2, 0.25) is 5.02 Å². The second kappa shape index (κ2) is 6.05. The normalized spacial score (nSPS) is 11.8. The second-order valence-electron chi connectivity index (χ2n) is 4.44. The van der Waals surface area contributed by atoms with Gasteiger partial charge < -0.3 is 5.11 Å². The molecule has 3 rings (SSSR count). The van der Waals surface area contributed by atoms with Crippen molar-refractivity contribution in [3.63, 3.8) is 0 Å². The number of nitriles is 2. The minimum Gasteiger partial charge on any atom is -0.509 e. The van der Waals surface area contributed by atoms with E-state index in [2.05, 4.69) is 15.1 Å². The van der Waals surface area contributed by atoms with Crippen LogP contribution in [-0.2, 0) is 6.54 Å². The number of aromatic nitrogens is 4. The quantitative estimate of drug-likeness (QED) is 0.578. The summed E-state index contributed by atoms with van der Waals surface area (Å²) in [6.45, 7) is -0.0751. The topological polar surface area (TPSA) is 111 Å². The average Bonchev–Trinajstić information content (AvgIpc) is 3.14. The van der Waals surface area contributed by atoms with E-state index in [0.717, 1.165) is 4.70 Å². The molecular weight excluding hydrogens is 336 g/mol. The van der Waals surface area contributed by atoms with Crippen molar-refractivity contribution in [2.75, 3.05) is 0 Å². The van der Waals surface area contributed by atoms with Crippen molar-refractivity contribution in [3.8, 4) is 12.1 Å². The van der Waals surface area contributed by atoms with Crippen LogP contribution in [0.5, 0.6) is 0 Å². The number of benzene rings is 1. The van der Waals surface area contributed by atoms with Gasteiger partial charge in [0.2, 0.25) is 0 Å². The third-order valence-corrected chi connectivity index (χ3v) is 4.20. The molecule has 3 aromatic rings. The highest BCUT2D eigenvalue weighted by Crippen LogP contribution is 2.30. The van der Waals surface area contributed by atoms with Gasteiger partial charge in [-0.15, -0.1) is 16.4 Å². The summed E-state index contributed by atoms with van der Waals surface area (Å²) in [4.78, 5) is 8.06. The second-order valence-corrected chi connectivity index (χ2v) is 5.91. The molecule has 0 saturated heterocycles. The zero-order chi connectivity index (χ0) is 16.4. The first-order chi connectivity index (χ1) is 11.1. The molecule has 1 aromatic carbocycles. The molecule has 0 aliphatic carbocycles. The lowest BCUT2D eigenvalue weighted by atomic mass is 10.2. The highest BCUT2D eigenvalue weighted by Gasteiger charge is 2.15. The van der Waals surface area contributed by atoms with E-state index in [0.29, 0.717) is 15.5 Å². The Morgan fingerprint density at radius 2 is 2.22 bits per heavy atom. The minimum absolute atomic E-state index is 0.00839. The number of thiazole rings is 1. The highest BCUT2D eigenvalue weighted by molar-refractivity contribution is 7.19. The lowest BCUT2D eigenvalue weighted by Crippen LogP contribution is -2.04. The van der Waals surface area contributed by atoms with E-state index in [1.165, 1.54) is 22.3 Å². The molecule has 0 bridgehead atoms. The smallest absolute Gasteiger partial charge is 0.252 e. The molecule has 1 N–H and O–H groups in total. The van der Waals surface area contributed by atoms with Gasteiger partial charge in [-0.25, -0.2) is 14.6 Å². The third-order valence-electron chi connectivity index (χ3n) is 2.91. The Kier molecular flexibility index (Phi) is 3.94. The van der Waals surface area contributed by atoms with Gasteiger partial charge in [0, 0.05) is 5.02 Å². The molecular formula is C14H7ClN6OS. The Labute approximate surface area is 139 Å². The van der Waals surface area contributed by atoms with Crippen LogP contribution in [0.4, 0.5) is 0 Å². The average molecular weight is 343 g/mol. The summed E-state index contributed by atoms with van der Waals surface area (Å²) in [7, 11) is 0. The van der Waals surface area contributed by atoms with Crippen molar-refractivity contribution in [2.45, 2.75) is 6.54 Å². The molecule has 23 heavy (non-hydrogen) atoms. The van der Waals surface area contributed by atoms with Gasteiger partial charge in [0.15, 0.2) is 0 Å². The maximum absolute atomic E-state index is 10.2. The maximum atomic E-state index is 10.2. The first-order valence-electron chi connectivity index (χ1n) is 6.29. The molecule has 7 nitrogen and oxygen atoms in total. The van der Waals surface area contributed by atoms with Gasteiger partial charge in [0.05, 0.1) is 10.2 Å². The fourth-order valence-corrected chi connectivity index (χ4v) is 3.03. The number of hydrogen-bond donors (Lipinski definition) is 1. The van der Waals surface area contributed by atoms with Crippen LogP contribution >= 0.6 is 22.9 Å². The van der Waals surface area contributed by atoms with Gasteiger partial charge in [-0.2, -0.15) is 10.5 Å². The van der Waals surface area contributed by atoms with Gasteiger partial charge in [-0.3, -0.25) is 0 Å². The molecule has 9 heteroatoms. The molecule has 0 atom stereocenters. The first-order valence-corrected chi connectivity index (χ1v) is 7.48. The van der Waals surface area contributed by atoms with E-state index in [4.69, 9.17) is 16.9 Å². The molecule has 112 valence electrons. The summed E-state index contributed by atoms with van der Waals surface area (Å²) >= 11 is 7.20. The van der Waals surface area contributed by atoms with Gasteiger partial charge in [0.1, 0.15) is 41.4 Å². The lowest BCUT2D eigenvalue weighted by Gasteiger charge is -2.01. The summed E-state index contributed by atoms with van der Waals surface area (Å²) in [5, 5.41) is 33.0. The van der Waals surface area contributed by atoms with E-state index in [-0.39, 0.29) is 23.7 Å². The monoisotopic (exact) mass is 342 g/mol. The Morgan fingerprint density at radius 3 is 2.91 bits per heavy atom. The lowest BCUT2D eigenvalue weighted by molar-refractivity contribution is 0.371. The highest BCUT2D eigenvalue weighted by atomic mass is 35.5. The molecule has 2 heterocycles. The Bertz CT molecular complexity index is 1010. The van der Waals surface area contributed by atoms with Crippen molar-refractivity contribution in [3.05, 3.63) is 46.1 Å². The summed E-state index contributed by atoms with van der Waals surface area (Å²) in [5.41, 5.74) is 0.710. The number of rotatable bonds is 3. The van der Waals surface area contributed by atoms with Crippen LogP contribution in [0.1, 0.15) is 10.8 Å². The molecule has 2 aromatic heterocycles. The zero-order valence-corrected chi connectivity index (χ0v) is 13.0. The summed E-state index contributed by atoms with van der Waals surface area (Å²) < 4.78 is 2.13. The van der Waals surface area contributed by atoms with Crippen molar-refractivity contribution in [1.29, 1.82) is 10.5 Å². The van der Waals surface area contributed by atoms with Crippen molar-refractivity contribution >= 4 is 38.7 Å². The van der Waals surface area contributed by atoms with Crippen LogP contribution in [-0.4, -0.2) is 24.9 Å². The van der Waals surface area contributed by atoms with Crippen LogP contribution in [0.25, 0.3) is 15.8 Å². The third kappa shape index (κ3) is 2.99. The Hall–Kier alpha value is -2.94. The largest absolute Gasteiger partial charge is 0.509 e. The zero-order valence-electron chi connectivity index (χ0n) is 11.4. The van der Waals surface area contributed by atoms with Crippen LogP contribution < -0.4 is 0 Å². The number of halogens is 1. The standard InChI is InChI=1S/C14H7ClN6OS/c15-8-1-2-12-10(3-8)19-14(23-12)9(4-16)11(22)6-21-7-18-13(5-17)20-21/h1-3,7,22H,6H2/b11-9-. The van der Waals surface area contributed by atoms with Crippen molar-refractivity contribution in [2.24, 2.45) is 0 Å². The van der Waals surface area contributed by atoms with E-state index in [1.54, 1.807) is 18.2 Å².